The number of halogens is 3. The number of rotatable bonds is 3. The predicted molar refractivity (Wildman–Crippen MR) is 56.1 cm³/mol. The number of hydrogen-bond acceptors (Lipinski definition) is 4. The number of aliphatic hydroxyl groups is 1. The molecular weight excluding hydrogens is 237 g/mol. The van der Waals surface area contributed by atoms with Crippen LogP contribution >= 0.6 is 0 Å². The van der Waals surface area contributed by atoms with Crippen molar-refractivity contribution in [1.29, 1.82) is 0 Å². The summed E-state index contributed by atoms with van der Waals surface area (Å²) in [4.78, 5) is 1.56. The molecule has 1 saturated heterocycles. The molecule has 1 aliphatic heterocycles. The molecule has 4 nitrogen and oxygen atoms in total. The number of nitrogens with zero attached hydrogens (tertiary/aromatic N) is 2. The van der Waals surface area contributed by atoms with Gasteiger partial charge < -0.3 is 10.3 Å². The molecule has 0 aromatic rings. The first-order valence-corrected chi connectivity index (χ1v) is 5.56. The van der Waals surface area contributed by atoms with Gasteiger partial charge in [0.25, 0.3) is 0 Å². The molecule has 0 radical (unpaired) electrons. The topological polar surface area (TPSA) is 56.1 Å². The van der Waals surface area contributed by atoms with Crippen LogP contribution in [0.25, 0.3) is 0 Å². The predicted octanol–water partition coefficient (Wildman–Crippen LogP) is 1.47. The number of hydrogen-bond donors (Lipinski definition) is 2. The van der Waals surface area contributed by atoms with Crippen molar-refractivity contribution in [3.63, 3.8) is 0 Å². The van der Waals surface area contributed by atoms with Gasteiger partial charge in [0.1, 0.15) is 0 Å². The second kappa shape index (κ2) is 5.68. The van der Waals surface area contributed by atoms with E-state index in [1.807, 2.05) is 6.92 Å². The molecule has 2 N–H and O–H groups in total. The third-order valence-corrected chi connectivity index (χ3v) is 3.06. The van der Waals surface area contributed by atoms with Gasteiger partial charge in [-0.15, -0.1) is 0 Å². The average Bonchev–Trinajstić information content (AvgIpc) is 2.27. The van der Waals surface area contributed by atoms with E-state index in [9.17, 15) is 13.2 Å². The summed E-state index contributed by atoms with van der Waals surface area (Å²) in [5.41, 5.74) is 0.630. The SMILES string of the molecule is CCC1CN(CC(O)C(F)(F)F)CCC1=NO. The quantitative estimate of drug-likeness (QED) is 0.592. The van der Waals surface area contributed by atoms with E-state index in [1.54, 1.807) is 4.90 Å². The molecule has 0 bridgehead atoms. The van der Waals surface area contributed by atoms with Crippen molar-refractivity contribution < 1.29 is 23.5 Å². The molecule has 0 spiro atoms. The van der Waals surface area contributed by atoms with Gasteiger partial charge in [0.05, 0.1) is 5.71 Å². The lowest BCUT2D eigenvalue weighted by atomic mass is 9.93. The van der Waals surface area contributed by atoms with E-state index in [0.29, 0.717) is 31.6 Å². The van der Waals surface area contributed by atoms with Crippen LogP contribution in [-0.4, -0.2) is 52.8 Å². The van der Waals surface area contributed by atoms with Crippen LogP contribution in [0.15, 0.2) is 5.16 Å². The summed E-state index contributed by atoms with van der Waals surface area (Å²) < 4.78 is 36.6. The third-order valence-electron chi connectivity index (χ3n) is 3.06. The van der Waals surface area contributed by atoms with Gasteiger partial charge in [-0.3, -0.25) is 4.90 Å². The zero-order valence-electron chi connectivity index (χ0n) is 9.61. The molecule has 0 amide bonds. The highest BCUT2D eigenvalue weighted by molar-refractivity contribution is 5.87. The van der Waals surface area contributed by atoms with Gasteiger partial charge in [0.15, 0.2) is 6.10 Å². The molecule has 1 aliphatic rings. The summed E-state index contributed by atoms with van der Waals surface area (Å²) in [6.45, 7) is 2.24. The van der Waals surface area contributed by atoms with Crippen LogP contribution in [0.2, 0.25) is 0 Å². The largest absolute Gasteiger partial charge is 0.415 e. The molecule has 2 atom stereocenters. The highest BCUT2D eigenvalue weighted by Gasteiger charge is 2.40. The van der Waals surface area contributed by atoms with E-state index in [1.165, 1.54) is 0 Å². The fourth-order valence-electron chi connectivity index (χ4n) is 2.00. The highest BCUT2D eigenvalue weighted by atomic mass is 19.4. The van der Waals surface area contributed by atoms with Crippen molar-refractivity contribution in [2.75, 3.05) is 19.6 Å². The first-order chi connectivity index (χ1) is 7.88. The molecule has 0 aromatic heterocycles. The lowest BCUT2D eigenvalue weighted by molar-refractivity contribution is -0.208. The van der Waals surface area contributed by atoms with Gasteiger partial charge in [-0.2, -0.15) is 13.2 Å². The summed E-state index contributed by atoms with van der Waals surface area (Å²) in [6.07, 6.45) is -5.74. The molecule has 100 valence electrons. The molecule has 1 fully saturated rings. The fraction of sp³-hybridized carbons (Fsp3) is 0.900. The number of β-amino-alcohol motifs (C(OH)–C–C–N with tert-alkyl or cyclic N) is 1. The Hall–Kier alpha value is -0.820. The van der Waals surface area contributed by atoms with Crippen LogP contribution in [0.1, 0.15) is 19.8 Å². The number of alkyl halides is 3. The second-order valence-corrected chi connectivity index (χ2v) is 4.26. The van der Waals surface area contributed by atoms with E-state index in [2.05, 4.69) is 5.16 Å². The van der Waals surface area contributed by atoms with Crippen molar-refractivity contribution in [2.24, 2.45) is 11.1 Å². The molecule has 0 saturated carbocycles. The van der Waals surface area contributed by atoms with Gasteiger partial charge >= 0.3 is 6.18 Å². The highest BCUT2D eigenvalue weighted by Crippen LogP contribution is 2.23. The molecule has 7 heteroatoms. The van der Waals surface area contributed by atoms with Crippen LogP contribution < -0.4 is 0 Å². The Balaban J connectivity index is 2.53. The molecule has 2 unspecified atom stereocenters. The average molecular weight is 254 g/mol. The first-order valence-electron chi connectivity index (χ1n) is 5.56. The maximum atomic E-state index is 12.2. The molecular formula is C10H17F3N2O2. The van der Waals surface area contributed by atoms with Gasteiger partial charge in [0, 0.05) is 32.0 Å². The minimum Gasteiger partial charge on any atom is -0.411 e. The van der Waals surface area contributed by atoms with Gasteiger partial charge in [0.2, 0.25) is 0 Å². The van der Waals surface area contributed by atoms with Crippen molar-refractivity contribution in [1.82, 2.24) is 4.90 Å². The van der Waals surface area contributed by atoms with Gasteiger partial charge in [-0.25, -0.2) is 0 Å². The van der Waals surface area contributed by atoms with E-state index < -0.39 is 18.8 Å². The van der Waals surface area contributed by atoms with Crippen molar-refractivity contribution in [3.05, 3.63) is 0 Å². The summed E-state index contributed by atoms with van der Waals surface area (Å²) >= 11 is 0. The van der Waals surface area contributed by atoms with Crippen LogP contribution in [0, 0.1) is 5.92 Å². The maximum absolute atomic E-state index is 12.2. The van der Waals surface area contributed by atoms with Crippen LogP contribution in [0.3, 0.4) is 0 Å². The Labute approximate surface area is 97.7 Å². The van der Waals surface area contributed by atoms with Crippen LogP contribution in [0.5, 0.6) is 0 Å². The summed E-state index contributed by atoms with van der Waals surface area (Å²) in [5, 5.41) is 20.9. The summed E-state index contributed by atoms with van der Waals surface area (Å²) in [6, 6.07) is 0. The number of oxime groups is 1. The van der Waals surface area contributed by atoms with Crippen molar-refractivity contribution >= 4 is 5.71 Å². The molecule has 0 aliphatic carbocycles. The Morgan fingerprint density at radius 2 is 2.18 bits per heavy atom. The summed E-state index contributed by atoms with van der Waals surface area (Å²) in [7, 11) is 0. The monoisotopic (exact) mass is 254 g/mol. The lowest BCUT2D eigenvalue weighted by Crippen LogP contribution is -2.47. The van der Waals surface area contributed by atoms with Crippen LogP contribution in [-0.2, 0) is 0 Å². The summed E-state index contributed by atoms with van der Waals surface area (Å²) in [5.74, 6) is -0.0332. The van der Waals surface area contributed by atoms with E-state index in [4.69, 9.17) is 10.3 Å². The van der Waals surface area contributed by atoms with Crippen molar-refractivity contribution in [3.8, 4) is 0 Å². The zero-order valence-corrected chi connectivity index (χ0v) is 9.61. The first kappa shape index (κ1) is 14.2. The van der Waals surface area contributed by atoms with Gasteiger partial charge in [-0.1, -0.05) is 12.1 Å². The number of piperidine rings is 1. The van der Waals surface area contributed by atoms with E-state index >= 15 is 0 Å². The number of aliphatic hydroxyl groups excluding tert-OH is 1. The maximum Gasteiger partial charge on any atom is 0.415 e. The molecule has 17 heavy (non-hydrogen) atoms. The Morgan fingerprint density at radius 3 is 2.65 bits per heavy atom. The zero-order chi connectivity index (χ0) is 13.1. The smallest absolute Gasteiger partial charge is 0.411 e. The van der Waals surface area contributed by atoms with Crippen LogP contribution in [0.4, 0.5) is 13.2 Å². The lowest BCUT2D eigenvalue weighted by Gasteiger charge is -2.34. The third kappa shape index (κ3) is 3.85. The number of likely N-dealkylation sites (tertiary alicyclic amines) is 1. The Kier molecular flexibility index (Phi) is 4.76. The normalized spacial score (nSPS) is 27.4. The fourth-order valence-corrected chi connectivity index (χ4v) is 2.00. The second-order valence-electron chi connectivity index (χ2n) is 4.26. The van der Waals surface area contributed by atoms with Gasteiger partial charge in [-0.05, 0) is 6.42 Å². The molecule has 1 heterocycles. The van der Waals surface area contributed by atoms with E-state index in [0.717, 1.165) is 0 Å². The molecule has 0 aromatic carbocycles. The standard InChI is InChI=1S/C10H17F3N2O2/c1-2-7-5-15(4-3-8(7)14-17)6-9(16)10(11,12)13/h7,9,16-17H,2-6H2,1H3. The Morgan fingerprint density at radius 1 is 1.53 bits per heavy atom. The minimum atomic E-state index is -4.58. The Bertz CT molecular complexity index is 281. The minimum absolute atomic E-state index is 0.0332. The molecule has 1 rings (SSSR count). The van der Waals surface area contributed by atoms with Crippen molar-refractivity contribution in [2.45, 2.75) is 32.0 Å². The van der Waals surface area contributed by atoms with E-state index in [-0.39, 0.29) is 5.92 Å².